The minimum Gasteiger partial charge on any atom is -1.00 e. The average molecular weight is 564 g/mol. The summed E-state index contributed by atoms with van der Waals surface area (Å²) >= 11 is 0. The molecule has 3 aromatic rings. The molecule has 5 rings (SSSR count). The molecule has 0 amide bonds. The molecule has 0 atom stereocenters. The second-order valence-electron chi connectivity index (χ2n) is 9.88. The summed E-state index contributed by atoms with van der Waals surface area (Å²) in [6, 6.07) is 22.1. The van der Waals surface area contributed by atoms with Gasteiger partial charge in [-0.05, 0) is 42.4 Å². The number of hydrogen-bond acceptors (Lipinski definition) is 0. The molecule has 0 nitrogen and oxygen atoms in total. The van der Waals surface area contributed by atoms with Gasteiger partial charge in [-0.15, -0.1) is 33.4 Å². The van der Waals surface area contributed by atoms with Crippen molar-refractivity contribution in [1.29, 1.82) is 0 Å². The molecule has 2 aliphatic rings. The number of rotatable bonds is 2. The Bertz CT molecular complexity index is 1500. The van der Waals surface area contributed by atoms with Gasteiger partial charge in [-0.3, -0.25) is 0 Å². The summed E-state index contributed by atoms with van der Waals surface area (Å²) in [5.74, 6) is 0. The first-order chi connectivity index (χ1) is 14.9. The second-order valence-corrected chi connectivity index (χ2v) is 9.88. The molecule has 0 saturated heterocycles. The summed E-state index contributed by atoms with van der Waals surface area (Å²) in [5, 5.41) is 5.14. The van der Waals surface area contributed by atoms with Crippen LogP contribution in [0.4, 0.5) is 0 Å². The maximum Gasteiger partial charge on any atom is 3.00 e. The van der Waals surface area contributed by atoms with Crippen LogP contribution in [0.1, 0.15) is 63.3 Å². The zero-order valence-corrected chi connectivity index (χ0v) is 24.4. The van der Waals surface area contributed by atoms with Crippen LogP contribution in [0.3, 0.4) is 0 Å². The first kappa shape index (κ1) is 28.6. The van der Waals surface area contributed by atoms with E-state index in [1.165, 1.54) is 59.8 Å². The second kappa shape index (κ2) is 10.9. The standard InChI is InChI=1S/C31H29.2ClH.Zr/c1-20(2)22-17-18-25-23-12-7-6-11-21(23)19-28(25)30(22)27-15-10-14-24(27)26-13-8-9-16-29(26)31(3,4)5;;;/h6-14,16-18H,15H2,1-5H3;2*1H;/q-1;;;+3/p-2. The van der Waals surface area contributed by atoms with Gasteiger partial charge in [0.1, 0.15) is 0 Å². The summed E-state index contributed by atoms with van der Waals surface area (Å²) in [4.78, 5) is 0. The molecule has 34 heavy (non-hydrogen) atoms. The normalized spacial score (nSPS) is 13.2. The van der Waals surface area contributed by atoms with Gasteiger partial charge in [-0.2, -0.15) is 0 Å². The fourth-order valence-electron chi connectivity index (χ4n) is 5.01. The summed E-state index contributed by atoms with van der Waals surface area (Å²) in [6.45, 7) is 11.4. The van der Waals surface area contributed by atoms with E-state index < -0.39 is 0 Å². The molecule has 0 fully saturated rings. The molecular weight excluding hydrogens is 534 g/mol. The largest absolute Gasteiger partial charge is 3.00 e. The van der Waals surface area contributed by atoms with Crippen molar-refractivity contribution in [3.05, 3.63) is 116 Å². The first-order valence-electron chi connectivity index (χ1n) is 11.2. The molecule has 1 radical (unpaired) electrons. The van der Waals surface area contributed by atoms with Crippen LogP contribution in [0.2, 0.25) is 0 Å². The number of fused-ring (bicyclic) bond motifs is 2. The van der Waals surface area contributed by atoms with Crippen molar-refractivity contribution in [2.24, 2.45) is 0 Å². The van der Waals surface area contributed by atoms with E-state index >= 15 is 0 Å². The van der Waals surface area contributed by atoms with Gasteiger partial charge in [0.15, 0.2) is 0 Å². The van der Waals surface area contributed by atoms with Crippen LogP contribution >= 0.6 is 0 Å². The van der Waals surface area contributed by atoms with E-state index in [-0.39, 0.29) is 56.4 Å². The Morgan fingerprint density at radius 3 is 2.21 bits per heavy atom. The molecule has 0 aliphatic heterocycles. The van der Waals surface area contributed by atoms with Crippen molar-refractivity contribution in [3.8, 4) is 0 Å². The van der Waals surface area contributed by atoms with E-state index in [2.05, 4.69) is 114 Å². The van der Waals surface area contributed by atoms with E-state index in [1.54, 1.807) is 0 Å². The van der Waals surface area contributed by atoms with Crippen LogP contribution in [-0.2, 0) is 31.6 Å². The molecule has 0 bridgehead atoms. The van der Waals surface area contributed by atoms with Crippen LogP contribution in [-0.4, -0.2) is 0 Å². The van der Waals surface area contributed by atoms with E-state index in [1.807, 2.05) is 0 Å². The molecule has 0 saturated carbocycles. The van der Waals surface area contributed by atoms with E-state index in [9.17, 15) is 0 Å². The zero-order valence-electron chi connectivity index (χ0n) is 20.4. The molecule has 0 N–H and O–H groups in total. The molecule has 0 unspecified atom stereocenters. The third kappa shape index (κ3) is 4.86. The van der Waals surface area contributed by atoms with Crippen molar-refractivity contribution in [1.82, 2.24) is 0 Å². The smallest absolute Gasteiger partial charge is 1.00 e. The predicted octanol–water partition coefficient (Wildman–Crippen LogP) is 0.357. The van der Waals surface area contributed by atoms with Crippen LogP contribution in [0.15, 0.2) is 72.8 Å². The molecule has 0 heterocycles. The molecular formula is C31H29Cl2Zr. The molecule has 0 aromatic heterocycles. The number of benzene rings is 3. The van der Waals surface area contributed by atoms with Crippen molar-refractivity contribution in [2.45, 2.75) is 46.5 Å². The SMILES string of the molecule is CC(C)=c1ccc2c(c1C1=C(c3ccccc3C(C)(C)C)C=CC1)[C-]=c1ccccc1=2.[Cl-].[Cl-].[Zr+3]. The van der Waals surface area contributed by atoms with Crippen LogP contribution in [0.5, 0.6) is 0 Å². The fraction of sp³-hybridized carbons (Fsp3) is 0.226. The maximum atomic E-state index is 3.76. The topological polar surface area (TPSA) is 0 Å². The van der Waals surface area contributed by atoms with Crippen molar-refractivity contribution >= 4 is 22.8 Å². The van der Waals surface area contributed by atoms with Crippen molar-refractivity contribution in [2.75, 3.05) is 0 Å². The Hall–Kier alpha value is -1.66. The van der Waals surface area contributed by atoms with Gasteiger partial charge in [0, 0.05) is 0 Å². The summed E-state index contributed by atoms with van der Waals surface area (Å²) in [7, 11) is 0. The quantitative estimate of drug-likeness (QED) is 0.309. The fourth-order valence-corrected chi connectivity index (χ4v) is 5.01. The van der Waals surface area contributed by atoms with E-state index in [0.717, 1.165) is 6.42 Å². The van der Waals surface area contributed by atoms with E-state index in [0.29, 0.717) is 0 Å². The molecule has 3 heteroatoms. The Morgan fingerprint density at radius 1 is 0.824 bits per heavy atom. The summed E-state index contributed by atoms with van der Waals surface area (Å²) in [5.41, 5.74) is 9.58. The molecule has 3 aromatic carbocycles. The van der Waals surface area contributed by atoms with Crippen LogP contribution < -0.4 is 35.3 Å². The zero-order chi connectivity index (χ0) is 21.8. The van der Waals surface area contributed by atoms with Gasteiger partial charge in [-0.1, -0.05) is 109 Å². The van der Waals surface area contributed by atoms with E-state index in [4.69, 9.17) is 0 Å². The average Bonchev–Trinajstić information content (AvgIpc) is 3.37. The summed E-state index contributed by atoms with van der Waals surface area (Å²) in [6.07, 6.45) is 9.37. The first-order valence-corrected chi connectivity index (χ1v) is 11.2. The van der Waals surface area contributed by atoms with Gasteiger partial charge in [0.05, 0.1) is 0 Å². The predicted molar refractivity (Wildman–Crippen MR) is 133 cm³/mol. The van der Waals surface area contributed by atoms with Crippen LogP contribution in [0, 0.1) is 10.4 Å². The molecule has 2 aliphatic carbocycles. The third-order valence-electron chi connectivity index (χ3n) is 6.48. The summed E-state index contributed by atoms with van der Waals surface area (Å²) < 4.78 is 0. The Kier molecular flexibility index (Phi) is 9.20. The Morgan fingerprint density at radius 2 is 1.50 bits per heavy atom. The van der Waals surface area contributed by atoms with Crippen molar-refractivity contribution < 1.29 is 51.0 Å². The molecule has 171 valence electrons. The van der Waals surface area contributed by atoms with Crippen molar-refractivity contribution in [3.63, 3.8) is 0 Å². The number of halogens is 2. The van der Waals surface area contributed by atoms with Crippen LogP contribution in [0.25, 0.3) is 22.8 Å². The Labute approximate surface area is 234 Å². The van der Waals surface area contributed by atoms with Gasteiger partial charge in [-0.25, -0.2) is 0 Å². The third-order valence-corrected chi connectivity index (χ3v) is 6.48. The maximum absolute atomic E-state index is 3.76. The van der Waals surface area contributed by atoms with Gasteiger partial charge >= 0.3 is 26.2 Å². The van der Waals surface area contributed by atoms with Gasteiger partial charge in [0.25, 0.3) is 0 Å². The molecule has 0 spiro atoms. The number of hydrogen-bond donors (Lipinski definition) is 0. The minimum absolute atomic E-state index is 0. The Balaban J connectivity index is 0.00000136. The van der Waals surface area contributed by atoms with Gasteiger partial charge in [0.2, 0.25) is 0 Å². The van der Waals surface area contributed by atoms with Gasteiger partial charge < -0.3 is 24.8 Å². The monoisotopic (exact) mass is 561 g/mol. The number of allylic oxidation sites excluding steroid dienone is 4. The minimum atomic E-state index is 0.